The van der Waals surface area contributed by atoms with Crippen molar-refractivity contribution in [2.45, 2.75) is 10.8 Å². The SMILES string of the molecule is Nc1nccnc1SCc1noc(-c2ccsc2)n1. The largest absolute Gasteiger partial charge is 0.381 e. The molecule has 0 radical (unpaired) electrons. The molecule has 0 amide bonds. The highest BCUT2D eigenvalue weighted by Gasteiger charge is 2.10. The molecular weight excluding hydrogens is 282 g/mol. The highest BCUT2D eigenvalue weighted by molar-refractivity contribution is 7.98. The Hall–Kier alpha value is -1.93. The molecule has 96 valence electrons. The predicted octanol–water partition coefficient (Wildman–Crippen LogP) is 2.46. The molecule has 0 saturated carbocycles. The van der Waals surface area contributed by atoms with E-state index in [1.807, 2.05) is 16.8 Å². The lowest BCUT2D eigenvalue weighted by Crippen LogP contribution is -1.95. The molecule has 0 saturated heterocycles. The van der Waals surface area contributed by atoms with Crippen LogP contribution in [-0.4, -0.2) is 20.1 Å². The Kier molecular flexibility index (Phi) is 3.43. The van der Waals surface area contributed by atoms with E-state index in [0.717, 1.165) is 5.56 Å². The van der Waals surface area contributed by atoms with Crippen LogP contribution in [0.2, 0.25) is 0 Å². The molecule has 0 aromatic carbocycles. The Morgan fingerprint density at radius 2 is 2.21 bits per heavy atom. The molecule has 3 heterocycles. The number of anilines is 1. The maximum Gasteiger partial charge on any atom is 0.258 e. The number of rotatable bonds is 4. The molecule has 3 aromatic heterocycles. The number of aromatic nitrogens is 4. The first-order valence-corrected chi connectivity index (χ1v) is 7.30. The topological polar surface area (TPSA) is 90.7 Å². The number of thioether (sulfide) groups is 1. The lowest BCUT2D eigenvalue weighted by Gasteiger charge is -1.99. The van der Waals surface area contributed by atoms with Gasteiger partial charge in [0, 0.05) is 17.8 Å². The normalized spacial score (nSPS) is 10.7. The minimum Gasteiger partial charge on any atom is -0.381 e. The number of hydrogen-bond donors (Lipinski definition) is 1. The third-order valence-electron chi connectivity index (χ3n) is 2.27. The summed E-state index contributed by atoms with van der Waals surface area (Å²) >= 11 is 3.02. The maximum absolute atomic E-state index is 5.71. The Labute approximate surface area is 117 Å². The van der Waals surface area contributed by atoms with Gasteiger partial charge in [-0.25, -0.2) is 9.97 Å². The van der Waals surface area contributed by atoms with Crippen LogP contribution in [0.1, 0.15) is 5.82 Å². The van der Waals surface area contributed by atoms with Crippen LogP contribution in [-0.2, 0) is 5.75 Å². The van der Waals surface area contributed by atoms with Crippen molar-refractivity contribution >= 4 is 28.9 Å². The average molecular weight is 291 g/mol. The van der Waals surface area contributed by atoms with Crippen molar-refractivity contribution in [1.29, 1.82) is 0 Å². The van der Waals surface area contributed by atoms with E-state index in [1.54, 1.807) is 23.7 Å². The second-order valence-electron chi connectivity index (χ2n) is 3.56. The molecule has 3 rings (SSSR count). The average Bonchev–Trinajstić information content (AvgIpc) is 3.09. The number of hydrogen-bond acceptors (Lipinski definition) is 8. The summed E-state index contributed by atoms with van der Waals surface area (Å²) in [7, 11) is 0. The van der Waals surface area contributed by atoms with E-state index in [2.05, 4.69) is 20.1 Å². The Bertz CT molecular complexity index is 667. The second kappa shape index (κ2) is 5.37. The molecule has 0 bridgehead atoms. The number of nitrogens with two attached hydrogens (primary N) is 1. The summed E-state index contributed by atoms with van der Waals surface area (Å²) in [5.74, 6) is 2.09. The van der Waals surface area contributed by atoms with Crippen LogP contribution in [0.15, 0.2) is 38.8 Å². The van der Waals surface area contributed by atoms with E-state index < -0.39 is 0 Å². The van der Waals surface area contributed by atoms with Gasteiger partial charge in [0.1, 0.15) is 5.03 Å². The second-order valence-corrected chi connectivity index (χ2v) is 5.31. The van der Waals surface area contributed by atoms with Crippen molar-refractivity contribution in [2.75, 3.05) is 5.73 Å². The van der Waals surface area contributed by atoms with Crippen LogP contribution in [0.3, 0.4) is 0 Å². The van der Waals surface area contributed by atoms with E-state index in [9.17, 15) is 0 Å². The van der Waals surface area contributed by atoms with Crippen LogP contribution in [0.4, 0.5) is 5.82 Å². The minimum atomic E-state index is 0.411. The van der Waals surface area contributed by atoms with Gasteiger partial charge in [-0.2, -0.15) is 16.3 Å². The monoisotopic (exact) mass is 291 g/mol. The van der Waals surface area contributed by atoms with Crippen molar-refractivity contribution in [3.05, 3.63) is 35.0 Å². The van der Waals surface area contributed by atoms with E-state index in [1.165, 1.54) is 11.8 Å². The zero-order valence-electron chi connectivity index (χ0n) is 9.68. The summed E-state index contributed by atoms with van der Waals surface area (Å²) in [4.78, 5) is 12.4. The summed E-state index contributed by atoms with van der Waals surface area (Å²) in [6, 6.07) is 1.94. The van der Waals surface area contributed by atoms with Gasteiger partial charge in [-0.3, -0.25) is 0 Å². The van der Waals surface area contributed by atoms with E-state index in [4.69, 9.17) is 10.3 Å². The van der Waals surface area contributed by atoms with Gasteiger partial charge in [-0.05, 0) is 11.4 Å². The Balaban J connectivity index is 1.70. The first-order chi connectivity index (χ1) is 9.33. The van der Waals surface area contributed by atoms with E-state index in [-0.39, 0.29) is 0 Å². The zero-order valence-corrected chi connectivity index (χ0v) is 11.3. The van der Waals surface area contributed by atoms with Crippen molar-refractivity contribution in [2.24, 2.45) is 0 Å². The number of thiophene rings is 1. The molecule has 0 spiro atoms. The molecule has 0 aliphatic heterocycles. The summed E-state index contributed by atoms with van der Waals surface area (Å²) in [5.41, 5.74) is 6.65. The third-order valence-corrected chi connectivity index (χ3v) is 3.94. The quantitative estimate of drug-likeness (QED) is 0.738. The molecular formula is C11H9N5OS2. The number of nitrogens with zero attached hydrogens (tertiary/aromatic N) is 4. The fourth-order valence-corrected chi connectivity index (χ4v) is 2.74. The summed E-state index contributed by atoms with van der Waals surface area (Å²) < 4.78 is 5.19. The fraction of sp³-hybridized carbons (Fsp3) is 0.0909. The molecule has 0 unspecified atom stereocenters. The molecule has 0 aliphatic carbocycles. The van der Waals surface area contributed by atoms with Crippen LogP contribution >= 0.6 is 23.1 Å². The molecule has 19 heavy (non-hydrogen) atoms. The molecule has 0 atom stereocenters. The van der Waals surface area contributed by atoms with Gasteiger partial charge in [0.15, 0.2) is 11.6 Å². The highest BCUT2D eigenvalue weighted by atomic mass is 32.2. The highest BCUT2D eigenvalue weighted by Crippen LogP contribution is 2.25. The summed E-state index contributed by atoms with van der Waals surface area (Å²) in [6.07, 6.45) is 3.16. The van der Waals surface area contributed by atoms with Gasteiger partial charge in [0.05, 0.1) is 11.3 Å². The minimum absolute atomic E-state index is 0.411. The van der Waals surface area contributed by atoms with Crippen molar-refractivity contribution in [3.63, 3.8) is 0 Å². The van der Waals surface area contributed by atoms with Gasteiger partial charge in [-0.1, -0.05) is 16.9 Å². The van der Waals surface area contributed by atoms with Crippen molar-refractivity contribution in [3.8, 4) is 11.5 Å². The first kappa shape index (κ1) is 12.1. The van der Waals surface area contributed by atoms with Gasteiger partial charge < -0.3 is 10.3 Å². The smallest absolute Gasteiger partial charge is 0.258 e. The maximum atomic E-state index is 5.71. The Morgan fingerprint density at radius 3 is 3.00 bits per heavy atom. The van der Waals surface area contributed by atoms with Crippen molar-refractivity contribution in [1.82, 2.24) is 20.1 Å². The summed E-state index contributed by atoms with van der Waals surface area (Å²) in [5, 5.41) is 8.53. The zero-order chi connectivity index (χ0) is 13.1. The van der Waals surface area contributed by atoms with Crippen LogP contribution in [0.5, 0.6) is 0 Å². The summed E-state index contributed by atoms with van der Waals surface area (Å²) in [6.45, 7) is 0. The standard InChI is InChI=1S/C11H9N5OS2/c12-9-11(14-3-2-13-9)19-6-8-15-10(17-16-8)7-1-4-18-5-7/h1-5H,6H2,(H2,12,13). The molecule has 2 N–H and O–H groups in total. The molecule has 3 aromatic rings. The fourth-order valence-electron chi connectivity index (χ4n) is 1.40. The molecule has 0 fully saturated rings. The molecule has 0 aliphatic rings. The van der Waals surface area contributed by atoms with Crippen molar-refractivity contribution < 1.29 is 4.52 Å². The lowest BCUT2D eigenvalue weighted by atomic mass is 10.3. The van der Waals surface area contributed by atoms with Gasteiger partial charge in [0.25, 0.3) is 5.89 Å². The van der Waals surface area contributed by atoms with Gasteiger partial charge >= 0.3 is 0 Å². The number of nitrogen functional groups attached to an aromatic ring is 1. The molecule has 6 nitrogen and oxygen atoms in total. The van der Waals surface area contributed by atoms with E-state index >= 15 is 0 Å². The lowest BCUT2D eigenvalue weighted by molar-refractivity contribution is 0.425. The Morgan fingerprint density at radius 1 is 1.32 bits per heavy atom. The van der Waals surface area contributed by atoms with E-state index in [0.29, 0.717) is 28.3 Å². The van der Waals surface area contributed by atoms with Crippen LogP contribution < -0.4 is 5.73 Å². The van der Waals surface area contributed by atoms with Crippen LogP contribution in [0, 0.1) is 0 Å². The van der Waals surface area contributed by atoms with Crippen LogP contribution in [0.25, 0.3) is 11.5 Å². The first-order valence-electron chi connectivity index (χ1n) is 5.37. The predicted molar refractivity (Wildman–Crippen MR) is 73.6 cm³/mol. The third kappa shape index (κ3) is 2.74. The van der Waals surface area contributed by atoms with Gasteiger partial charge in [0.2, 0.25) is 0 Å². The van der Waals surface area contributed by atoms with Gasteiger partial charge in [-0.15, -0.1) is 0 Å². The molecule has 8 heteroatoms.